The van der Waals surface area contributed by atoms with Gasteiger partial charge in [-0.3, -0.25) is 4.79 Å². The second kappa shape index (κ2) is 24.6. The van der Waals surface area contributed by atoms with Gasteiger partial charge in [0.05, 0.1) is 0 Å². The molecule has 17 aromatic rings. The maximum atomic E-state index is 13.6. The maximum Gasteiger partial charge on any atom is 0.207 e. The van der Waals surface area contributed by atoms with Crippen LogP contribution in [0.1, 0.15) is 30.9 Å². The van der Waals surface area contributed by atoms with Gasteiger partial charge in [0.15, 0.2) is 6.10 Å². The summed E-state index contributed by atoms with van der Waals surface area (Å²) in [6, 6.07) is 121. The smallest absolute Gasteiger partial charge is 0.207 e. The quantitative estimate of drug-likeness (QED) is 0.0957. The van der Waals surface area contributed by atoms with Crippen LogP contribution in [-0.2, 0) is 0 Å². The second-order valence-corrected chi connectivity index (χ2v) is 23.2. The van der Waals surface area contributed by atoms with Crippen molar-refractivity contribution < 1.29 is 15.4 Å². The highest BCUT2D eigenvalue weighted by Crippen LogP contribution is 2.49. The van der Waals surface area contributed by atoms with E-state index in [9.17, 15) is 4.79 Å². The molecule has 3 nitrogen and oxygen atoms in total. The molecule has 1 unspecified atom stereocenters. The minimum atomic E-state index is -0.752. The first-order valence-electron chi connectivity index (χ1n) is 31.0. The molecule has 1 aromatic heterocycles. The molecule has 0 bridgehead atoms. The van der Waals surface area contributed by atoms with E-state index < -0.39 is 6.10 Å². The van der Waals surface area contributed by atoms with Gasteiger partial charge in [-0.1, -0.05) is 317 Å². The van der Waals surface area contributed by atoms with E-state index in [1.807, 2.05) is 78.9 Å². The molecule has 1 atom stereocenters. The Hall–Kier alpha value is -11.9. The molecular weight excluding hydrogens is 1120 g/mol. The largest absolute Gasteiger partial charge is 0.478 e. The molecule has 16 aromatic carbocycles. The Kier molecular flexibility index (Phi) is 15.1. The van der Waals surface area contributed by atoms with Crippen LogP contribution in [0, 0.1) is 0 Å². The Morgan fingerprint density at radius 1 is 0.283 bits per heavy atom. The van der Waals surface area contributed by atoms with Gasteiger partial charge in [-0.15, -0.1) is 0 Å². The summed E-state index contributed by atoms with van der Waals surface area (Å²) in [5, 5.41) is 15.9. The van der Waals surface area contributed by atoms with Crippen molar-refractivity contribution in [3.05, 3.63) is 357 Å². The molecule has 0 saturated heterocycles. The zero-order valence-electron chi connectivity index (χ0n) is 49.7. The van der Waals surface area contributed by atoms with Crippen molar-refractivity contribution >= 4 is 81.4 Å². The lowest BCUT2D eigenvalue weighted by Gasteiger charge is -2.20. The van der Waals surface area contributed by atoms with Crippen LogP contribution < -0.4 is 4.74 Å². The highest BCUT2D eigenvalue weighted by Gasteiger charge is 2.26. The van der Waals surface area contributed by atoms with Crippen molar-refractivity contribution in [2.45, 2.75) is 13.5 Å². The van der Waals surface area contributed by atoms with Crippen LogP contribution in [0.15, 0.2) is 350 Å². The molecule has 0 aliphatic heterocycles. The highest BCUT2D eigenvalue weighted by molar-refractivity contribution is 6.24. The first-order valence-corrected chi connectivity index (χ1v) is 31.0. The number of furan rings is 1. The van der Waals surface area contributed by atoms with Crippen LogP contribution in [0.3, 0.4) is 0 Å². The van der Waals surface area contributed by atoms with Gasteiger partial charge in [0.2, 0.25) is 5.78 Å². The summed E-state index contributed by atoms with van der Waals surface area (Å²) in [5.41, 5.74) is 15.3. The summed E-state index contributed by atoms with van der Waals surface area (Å²) in [7, 11) is 0. The number of Topliss-reactive ketones (excluding diaryl/α,β-unsaturated/α-hetero) is 1. The number of hydrogen-bond donors (Lipinski definition) is 0. The fourth-order valence-corrected chi connectivity index (χ4v) is 13.6. The van der Waals surface area contributed by atoms with E-state index in [1.54, 1.807) is 0 Å². The van der Waals surface area contributed by atoms with Crippen LogP contribution in [0.25, 0.3) is 143 Å². The molecule has 0 N–H and O–H groups in total. The Bertz CT molecular complexity index is 5450. The van der Waals surface area contributed by atoms with Gasteiger partial charge < -0.3 is 9.15 Å². The van der Waals surface area contributed by atoms with Crippen LogP contribution in [0.5, 0.6) is 5.75 Å². The van der Waals surface area contributed by atoms with Gasteiger partial charge >= 0.3 is 0 Å². The number of hydrogen-bond acceptors (Lipinski definition) is 3. The highest BCUT2D eigenvalue weighted by atomic mass is 16.5. The molecule has 0 spiro atoms. The number of rotatable bonds is 11. The van der Waals surface area contributed by atoms with Crippen LogP contribution in [0.2, 0.25) is 0 Å². The second-order valence-electron chi connectivity index (χ2n) is 23.2. The van der Waals surface area contributed by atoms with Gasteiger partial charge in [-0.2, -0.15) is 0 Å². The van der Waals surface area contributed by atoms with Gasteiger partial charge in [-0.05, 0) is 151 Å². The van der Waals surface area contributed by atoms with E-state index in [2.05, 4.69) is 267 Å². The minimum absolute atomic E-state index is 0. The molecule has 3 heteroatoms. The van der Waals surface area contributed by atoms with Crippen LogP contribution in [0.4, 0.5) is 0 Å². The topological polar surface area (TPSA) is 39.4 Å². The molecule has 0 radical (unpaired) electrons. The SMILES string of the molecule is C.O=C(c1ccccc1)C(Oc1ccc(-c2c3ccccc3c(-c3ccc4ccccc4c3)c3ccccc23)cc1)c1ccccc1.[2HH].c1ccc(-c2oc3ccc(-c4c5ccccc5c(-c5ccc6ccccc6c5)c5ccccc45)cc3c2-c2ccccc2)cc1. The van der Waals surface area contributed by atoms with Crippen molar-refractivity contribution in [3.8, 4) is 72.7 Å². The number of ether oxygens (including phenoxy) is 1. The number of carbonyl (C=O) groups excluding carboxylic acids is 1. The lowest BCUT2D eigenvalue weighted by molar-refractivity contribution is 0.0792. The average Bonchev–Trinajstić information content (AvgIpc) is 1.68. The Morgan fingerprint density at radius 2 is 0.620 bits per heavy atom. The summed E-state index contributed by atoms with van der Waals surface area (Å²) < 4.78 is 13.1. The zero-order chi connectivity index (χ0) is 60.6. The van der Waals surface area contributed by atoms with Crippen LogP contribution in [-0.4, -0.2) is 5.78 Å². The predicted molar refractivity (Wildman–Crippen MR) is 390 cm³/mol. The Balaban J connectivity index is 0.000000158. The molecule has 0 aliphatic carbocycles. The van der Waals surface area contributed by atoms with Crippen molar-refractivity contribution in [2.24, 2.45) is 0 Å². The van der Waals surface area contributed by atoms with Crippen molar-refractivity contribution in [1.29, 1.82) is 0 Å². The van der Waals surface area contributed by atoms with Crippen molar-refractivity contribution in [2.75, 3.05) is 0 Å². The third kappa shape index (κ3) is 10.4. The molecule has 0 amide bonds. The molecular formula is C89H64O3. The Morgan fingerprint density at radius 3 is 1.08 bits per heavy atom. The third-order valence-corrected chi connectivity index (χ3v) is 17.8. The van der Waals surface area contributed by atoms with E-state index in [4.69, 9.17) is 9.15 Å². The standard InChI is InChI=1S/C44H30O2.C44H28O.CH4.H2/c45-43(32-14-3-1-4-15-32)44(33-16-5-2-6-17-33)46-36-27-25-31(26-28-36)41-37-19-9-11-21-39(37)42(40-22-12-10-20-38(40)41)35-24-23-30-13-7-8-18-34(30)29-35;1-3-14-30(15-4-1)43-39-28-34(25-26-40(39)45-44(43)31-16-5-2-6-17-31)42-37-21-11-9-19-35(37)41(36-20-10-12-22-38(36)42)33-24-23-29-13-7-8-18-32(29)27-33;;/h1-29,44H;1-28H;1H4;1H/i;;;1+1. The number of fused-ring (bicyclic) bond motifs is 7. The van der Waals surface area contributed by atoms with E-state index in [1.165, 1.54) is 104 Å². The first-order chi connectivity index (χ1) is 45.1. The van der Waals surface area contributed by atoms with Gasteiger partial charge in [-0.25, -0.2) is 0 Å². The maximum absolute atomic E-state index is 13.6. The molecule has 92 heavy (non-hydrogen) atoms. The normalized spacial score (nSPS) is 11.6. The molecule has 438 valence electrons. The summed E-state index contributed by atoms with van der Waals surface area (Å²) in [6.07, 6.45) is -0.752. The average molecular weight is 1180 g/mol. The predicted octanol–water partition coefficient (Wildman–Crippen LogP) is 24.9. The van der Waals surface area contributed by atoms with E-state index in [0.29, 0.717) is 11.3 Å². The molecule has 0 fully saturated rings. The minimum Gasteiger partial charge on any atom is -0.478 e. The summed E-state index contributed by atoms with van der Waals surface area (Å²) in [5.74, 6) is 1.47. The zero-order valence-corrected chi connectivity index (χ0v) is 49.7. The van der Waals surface area contributed by atoms with Crippen molar-refractivity contribution in [1.82, 2.24) is 0 Å². The van der Waals surface area contributed by atoms with Crippen LogP contribution >= 0.6 is 0 Å². The lowest BCUT2D eigenvalue weighted by Crippen LogP contribution is -2.19. The van der Waals surface area contributed by atoms with Crippen molar-refractivity contribution in [3.63, 3.8) is 0 Å². The van der Waals surface area contributed by atoms with E-state index in [0.717, 1.165) is 44.5 Å². The molecule has 17 rings (SSSR count). The molecule has 0 saturated carbocycles. The summed E-state index contributed by atoms with van der Waals surface area (Å²) >= 11 is 0. The molecule has 0 aliphatic rings. The summed E-state index contributed by atoms with van der Waals surface area (Å²) in [6.45, 7) is 0. The number of ketones is 1. The number of benzene rings is 16. The van der Waals surface area contributed by atoms with E-state index >= 15 is 0 Å². The summed E-state index contributed by atoms with van der Waals surface area (Å²) in [4.78, 5) is 13.6. The van der Waals surface area contributed by atoms with Gasteiger partial charge in [0.1, 0.15) is 17.1 Å². The fourth-order valence-electron chi connectivity index (χ4n) is 13.6. The molecule has 1 heterocycles. The van der Waals surface area contributed by atoms with Gasteiger partial charge in [0.25, 0.3) is 0 Å². The Labute approximate surface area is 536 Å². The monoisotopic (exact) mass is 1180 g/mol. The fraction of sp³-hybridized carbons (Fsp3) is 0.0225. The lowest BCUT2D eigenvalue weighted by atomic mass is 9.85. The first kappa shape index (κ1) is 56.6. The third-order valence-electron chi connectivity index (χ3n) is 17.8. The number of carbonyl (C=O) groups is 1. The van der Waals surface area contributed by atoms with E-state index in [-0.39, 0.29) is 14.6 Å². The van der Waals surface area contributed by atoms with Gasteiger partial charge in [0, 0.05) is 29.1 Å².